The van der Waals surface area contributed by atoms with Crippen LogP contribution >= 0.6 is 11.8 Å². The minimum atomic E-state index is -0.241. The monoisotopic (exact) mass is 253 g/mol. The Kier molecular flexibility index (Phi) is 6.08. The number of esters is 1. The Hall–Kier alpha value is -1.00. The molecule has 1 aromatic rings. The molecule has 0 aliphatic rings. The molecular weight excluding hydrogens is 234 g/mol. The van der Waals surface area contributed by atoms with Gasteiger partial charge >= 0.3 is 5.97 Å². The maximum atomic E-state index is 11.5. The van der Waals surface area contributed by atoms with Gasteiger partial charge in [-0.3, -0.25) is 4.79 Å². The number of likely N-dealkylation sites (N-methyl/N-ethyl adjacent to an activating group) is 1. The highest BCUT2D eigenvalue weighted by Crippen LogP contribution is 2.22. The highest BCUT2D eigenvalue weighted by Gasteiger charge is 2.18. The van der Waals surface area contributed by atoms with Gasteiger partial charge in [0.25, 0.3) is 0 Å². The molecule has 0 spiro atoms. The van der Waals surface area contributed by atoms with Crippen molar-refractivity contribution in [3.05, 3.63) is 29.8 Å². The number of carbonyl (C=O) groups excluding carboxylic acids is 1. The first-order chi connectivity index (χ1) is 8.19. The van der Waals surface area contributed by atoms with Crippen LogP contribution < -0.4 is 5.32 Å². The van der Waals surface area contributed by atoms with Gasteiger partial charge in [-0.15, -0.1) is 11.8 Å². The number of rotatable bonds is 6. The second-order valence-electron chi connectivity index (χ2n) is 3.71. The molecule has 0 heterocycles. The number of methoxy groups -OCH3 is 1. The van der Waals surface area contributed by atoms with E-state index in [4.69, 9.17) is 4.74 Å². The van der Waals surface area contributed by atoms with Crippen LogP contribution in [0.2, 0.25) is 0 Å². The minimum Gasteiger partial charge on any atom is -0.468 e. The van der Waals surface area contributed by atoms with Crippen molar-refractivity contribution in [1.82, 2.24) is 5.32 Å². The number of carbonyl (C=O) groups is 1. The highest BCUT2D eigenvalue weighted by atomic mass is 32.2. The summed E-state index contributed by atoms with van der Waals surface area (Å²) in [6.45, 7) is 4.81. The third-order valence-electron chi connectivity index (χ3n) is 2.44. The molecular formula is C13H19NO2S. The summed E-state index contributed by atoms with van der Waals surface area (Å²) in [7, 11) is 1.42. The number of hydrogen-bond acceptors (Lipinski definition) is 4. The first kappa shape index (κ1) is 14.1. The molecule has 1 atom stereocenters. The minimum absolute atomic E-state index is 0.201. The molecule has 0 aliphatic heterocycles. The zero-order chi connectivity index (χ0) is 12.7. The Labute approximate surface area is 107 Å². The van der Waals surface area contributed by atoms with Crippen LogP contribution in [0.25, 0.3) is 0 Å². The van der Waals surface area contributed by atoms with E-state index in [1.807, 2.05) is 19.1 Å². The molecule has 17 heavy (non-hydrogen) atoms. The molecule has 1 aromatic carbocycles. The predicted molar refractivity (Wildman–Crippen MR) is 71.4 cm³/mol. The fourth-order valence-electron chi connectivity index (χ4n) is 1.49. The lowest BCUT2D eigenvalue weighted by molar-refractivity contribution is -0.142. The number of aryl methyl sites for hydroxylation is 1. The first-order valence-electron chi connectivity index (χ1n) is 5.68. The Morgan fingerprint density at radius 3 is 2.76 bits per heavy atom. The quantitative estimate of drug-likeness (QED) is 0.623. The van der Waals surface area contributed by atoms with Crippen molar-refractivity contribution in [3.63, 3.8) is 0 Å². The van der Waals surface area contributed by atoms with Crippen molar-refractivity contribution < 1.29 is 9.53 Å². The summed E-state index contributed by atoms with van der Waals surface area (Å²) in [6.07, 6.45) is 0. The van der Waals surface area contributed by atoms with Gasteiger partial charge < -0.3 is 10.1 Å². The molecule has 0 aromatic heterocycles. The molecule has 94 valence electrons. The molecule has 0 aliphatic carbocycles. The van der Waals surface area contributed by atoms with Crippen molar-refractivity contribution >= 4 is 17.7 Å². The van der Waals surface area contributed by atoms with Crippen LogP contribution in [0.3, 0.4) is 0 Å². The van der Waals surface area contributed by atoms with E-state index in [-0.39, 0.29) is 12.0 Å². The van der Waals surface area contributed by atoms with E-state index in [1.54, 1.807) is 11.8 Å². The second-order valence-corrected chi connectivity index (χ2v) is 4.77. The van der Waals surface area contributed by atoms with Crippen LogP contribution in [0.1, 0.15) is 12.5 Å². The number of thioether (sulfide) groups is 1. The van der Waals surface area contributed by atoms with E-state index in [2.05, 4.69) is 24.4 Å². The number of ether oxygens (including phenoxy) is 1. The van der Waals surface area contributed by atoms with Crippen molar-refractivity contribution in [1.29, 1.82) is 0 Å². The van der Waals surface area contributed by atoms with E-state index in [1.165, 1.54) is 17.6 Å². The van der Waals surface area contributed by atoms with Gasteiger partial charge in [0, 0.05) is 10.6 Å². The summed E-state index contributed by atoms with van der Waals surface area (Å²) in [5.74, 6) is 0.485. The van der Waals surface area contributed by atoms with Crippen LogP contribution in [0.15, 0.2) is 29.2 Å². The predicted octanol–water partition coefficient (Wildman–Crippen LogP) is 2.24. The van der Waals surface area contributed by atoms with Crippen LogP contribution in [-0.2, 0) is 9.53 Å². The van der Waals surface area contributed by atoms with Gasteiger partial charge in [0.15, 0.2) is 0 Å². The molecule has 0 amide bonds. The van der Waals surface area contributed by atoms with Crippen LogP contribution in [0, 0.1) is 6.92 Å². The normalized spacial score (nSPS) is 12.2. The molecule has 0 saturated carbocycles. The number of benzene rings is 1. The summed E-state index contributed by atoms with van der Waals surface area (Å²) < 4.78 is 4.77. The fraction of sp³-hybridized carbons (Fsp3) is 0.462. The third kappa shape index (κ3) is 4.40. The lowest BCUT2D eigenvalue weighted by Crippen LogP contribution is -2.39. The lowest BCUT2D eigenvalue weighted by atomic mass is 10.2. The van der Waals surface area contributed by atoms with Crippen molar-refractivity contribution in [2.45, 2.75) is 24.8 Å². The van der Waals surface area contributed by atoms with Crippen molar-refractivity contribution in [3.8, 4) is 0 Å². The smallest absolute Gasteiger partial charge is 0.323 e. The Morgan fingerprint density at radius 2 is 2.18 bits per heavy atom. The number of nitrogens with one attached hydrogen (secondary N) is 1. The molecule has 1 N–H and O–H groups in total. The molecule has 0 radical (unpaired) electrons. The second kappa shape index (κ2) is 7.35. The Balaban J connectivity index is 2.57. The average molecular weight is 253 g/mol. The van der Waals surface area contributed by atoms with E-state index in [9.17, 15) is 4.79 Å². The molecule has 0 fully saturated rings. The molecule has 4 heteroatoms. The average Bonchev–Trinajstić information content (AvgIpc) is 2.35. The molecule has 3 nitrogen and oxygen atoms in total. The van der Waals surface area contributed by atoms with Gasteiger partial charge in [-0.05, 0) is 25.1 Å². The molecule has 1 rings (SSSR count). The van der Waals surface area contributed by atoms with E-state index in [0.29, 0.717) is 5.75 Å². The lowest BCUT2D eigenvalue weighted by Gasteiger charge is -2.15. The zero-order valence-electron chi connectivity index (χ0n) is 10.5. The third-order valence-corrected chi connectivity index (χ3v) is 3.70. The SMILES string of the molecule is CCNC(CSc1ccccc1C)C(=O)OC. The Bertz CT molecular complexity index is 368. The summed E-state index contributed by atoms with van der Waals surface area (Å²) in [5.41, 5.74) is 1.23. The van der Waals surface area contributed by atoms with Gasteiger partial charge in [-0.25, -0.2) is 0 Å². The summed E-state index contributed by atoms with van der Waals surface area (Å²) in [6, 6.07) is 7.93. The molecule has 1 unspecified atom stereocenters. The van der Waals surface area contributed by atoms with Crippen LogP contribution in [-0.4, -0.2) is 31.4 Å². The summed E-state index contributed by atoms with van der Waals surface area (Å²) in [5, 5.41) is 3.13. The number of hydrogen-bond donors (Lipinski definition) is 1. The van der Waals surface area contributed by atoms with Gasteiger partial charge in [0.1, 0.15) is 6.04 Å². The van der Waals surface area contributed by atoms with Crippen molar-refractivity contribution in [2.24, 2.45) is 0 Å². The van der Waals surface area contributed by atoms with Gasteiger partial charge in [-0.1, -0.05) is 25.1 Å². The van der Waals surface area contributed by atoms with E-state index < -0.39 is 0 Å². The van der Waals surface area contributed by atoms with Gasteiger partial charge in [0.2, 0.25) is 0 Å². The first-order valence-corrected chi connectivity index (χ1v) is 6.67. The van der Waals surface area contributed by atoms with Crippen molar-refractivity contribution in [2.75, 3.05) is 19.4 Å². The summed E-state index contributed by atoms with van der Waals surface area (Å²) >= 11 is 1.68. The molecule has 0 saturated heterocycles. The topological polar surface area (TPSA) is 38.3 Å². The Morgan fingerprint density at radius 1 is 1.47 bits per heavy atom. The van der Waals surface area contributed by atoms with Gasteiger partial charge in [-0.2, -0.15) is 0 Å². The van der Waals surface area contributed by atoms with Crippen LogP contribution in [0.5, 0.6) is 0 Å². The van der Waals surface area contributed by atoms with Gasteiger partial charge in [0.05, 0.1) is 7.11 Å². The fourth-order valence-corrected chi connectivity index (χ4v) is 2.56. The van der Waals surface area contributed by atoms with E-state index >= 15 is 0 Å². The summed E-state index contributed by atoms with van der Waals surface area (Å²) in [4.78, 5) is 12.7. The molecule has 0 bridgehead atoms. The van der Waals surface area contributed by atoms with Crippen LogP contribution in [0.4, 0.5) is 0 Å². The highest BCUT2D eigenvalue weighted by molar-refractivity contribution is 7.99. The zero-order valence-corrected chi connectivity index (χ0v) is 11.3. The maximum absolute atomic E-state index is 11.5. The standard InChI is InChI=1S/C13H19NO2S/c1-4-14-11(13(15)16-3)9-17-12-8-6-5-7-10(12)2/h5-8,11,14H,4,9H2,1-3H3. The maximum Gasteiger partial charge on any atom is 0.323 e. The largest absolute Gasteiger partial charge is 0.468 e. The van der Waals surface area contributed by atoms with E-state index in [0.717, 1.165) is 6.54 Å².